The molecule has 0 saturated heterocycles. The van der Waals surface area contributed by atoms with E-state index in [9.17, 15) is 23.3 Å². The molecule has 2 N–H and O–H groups in total. The van der Waals surface area contributed by atoms with E-state index in [1.54, 1.807) is 24.3 Å². The molecular weight excluding hydrogens is 490 g/mol. The number of amides is 1. The number of hydrogen-bond donors (Lipinski definition) is 2. The summed E-state index contributed by atoms with van der Waals surface area (Å²) in [6.45, 7) is 0. The third-order valence-corrected chi connectivity index (χ3v) is 5.04. The summed E-state index contributed by atoms with van der Waals surface area (Å²) >= 11 is 3.30. The predicted molar refractivity (Wildman–Crippen MR) is 120 cm³/mol. The van der Waals surface area contributed by atoms with Crippen molar-refractivity contribution in [2.75, 3.05) is 16.3 Å². The summed E-state index contributed by atoms with van der Waals surface area (Å²) in [5, 5.41) is 14.2. The van der Waals surface area contributed by atoms with Crippen molar-refractivity contribution in [1.82, 2.24) is 0 Å². The average Bonchev–Trinajstić information content (AvgIpc) is 2.70. The van der Waals surface area contributed by atoms with Crippen LogP contribution >= 0.6 is 15.9 Å². The molecule has 0 atom stereocenters. The van der Waals surface area contributed by atoms with E-state index in [2.05, 4.69) is 26.0 Å². The summed E-state index contributed by atoms with van der Waals surface area (Å²) < 4.78 is 31.2. The molecule has 1 amide bonds. The zero-order valence-corrected chi connectivity index (χ0v) is 18.4. The largest absolute Gasteiger partial charge is 0.450 e. The van der Waals surface area contributed by atoms with Gasteiger partial charge < -0.3 is 10.1 Å². The van der Waals surface area contributed by atoms with Crippen molar-refractivity contribution in [3.63, 3.8) is 0 Å². The molecule has 3 rings (SSSR count). The number of halogens is 1. The normalized spacial score (nSPS) is 10.9. The van der Waals surface area contributed by atoms with Crippen LogP contribution in [0.2, 0.25) is 0 Å². The van der Waals surface area contributed by atoms with E-state index in [0.717, 1.165) is 16.8 Å². The highest BCUT2D eigenvalue weighted by Gasteiger charge is 2.20. The van der Waals surface area contributed by atoms with E-state index >= 15 is 0 Å². The van der Waals surface area contributed by atoms with Gasteiger partial charge in [-0.3, -0.25) is 19.6 Å². The van der Waals surface area contributed by atoms with Crippen LogP contribution in [0.4, 0.5) is 17.1 Å². The molecule has 0 fully saturated rings. The number of nitrogens with zero attached hydrogens (tertiary/aromatic N) is 1. The molecule has 0 bridgehead atoms. The summed E-state index contributed by atoms with van der Waals surface area (Å²) in [5.74, 6) is -0.309. The lowest BCUT2D eigenvalue weighted by molar-refractivity contribution is -0.385. The molecule has 0 spiro atoms. The minimum absolute atomic E-state index is 0.0611. The molecule has 0 saturated carbocycles. The fraction of sp³-hybridized carbons (Fsp3) is 0.0500. The third-order valence-electron chi connectivity index (χ3n) is 3.91. The summed E-state index contributed by atoms with van der Waals surface area (Å²) in [6, 6.07) is 16.6. The molecule has 0 heterocycles. The maximum Gasteiger partial charge on any atom is 0.312 e. The van der Waals surface area contributed by atoms with Crippen LogP contribution in [0.25, 0.3) is 0 Å². The van der Waals surface area contributed by atoms with Gasteiger partial charge in [-0.25, -0.2) is 8.42 Å². The third kappa shape index (κ3) is 6.27. The van der Waals surface area contributed by atoms with Gasteiger partial charge >= 0.3 is 5.69 Å². The number of nitro groups is 1. The van der Waals surface area contributed by atoms with Gasteiger partial charge in [-0.15, -0.1) is 0 Å². The highest BCUT2D eigenvalue weighted by atomic mass is 79.9. The van der Waals surface area contributed by atoms with E-state index in [4.69, 9.17) is 4.74 Å². The molecular formula is C20H16BrN3O6S. The number of ether oxygens (including phenoxy) is 1. The van der Waals surface area contributed by atoms with Gasteiger partial charge in [0, 0.05) is 27.5 Å². The molecule has 0 unspecified atom stereocenters. The molecule has 31 heavy (non-hydrogen) atoms. The first kappa shape index (κ1) is 22.2. The van der Waals surface area contributed by atoms with Gasteiger partial charge in [-0.2, -0.15) is 0 Å². The van der Waals surface area contributed by atoms with E-state index < -0.39 is 20.9 Å². The zero-order chi connectivity index (χ0) is 22.6. The van der Waals surface area contributed by atoms with Crippen molar-refractivity contribution >= 4 is 48.9 Å². The SMILES string of the molecule is CS(=O)(=O)Nc1ccc(Oc2ccc(C(=O)Nc3ccc(Br)cc3)cc2[N+](=O)[O-])cc1. The minimum atomic E-state index is -3.42. The first-order valence-electron chi connectivity index (χ1n) is 8.72. The zero-order valence-electron chi connectivity index (χ0n) is 16.0. The number of hydrogen-bond acceptors (Lipinski definition) is 6. The Labute approximate surface area is 186 Å². The van der Waals surface area contributed by atoms with Crippen LogP contribution in [-0.4, -0.2) is 25.5 Å². The summed E-state index contributed by atoms with van der Waals surface area (Å²) in [6.07, 6.45) is 1.02. The fourth-order valence-electron chi connectivity index (χ4n) is 2.56. The molecule has 11 heteroatoms. The van der Waals surface area contributed by atoms with Gasteiger partial charge in [-0.1, -0.05) is 15.9 Å². The van der Waals surface area contributed by atoms with Crippen molar-refractivity contribution in [2.45, 2.75) is 0 Å². The Morgan fingerprint density at radius 2 is 1.61 bits per heavy atom. The van der Waals surface area contributed by atoms with Crippen LogP contribution in [0.1, 0.15) is 10.4 Å². The van der Waals surface area contributed by atoms with Crippen molar-refractivity contribution < 1.29 is 22.9 Å². The summed E-state index contributed by atoms with van der Waals surface area (Å²) in [5.41, 5.74) is 0.569. The smallest absolute Gasteiger partial charge is 0.312 e. The summed E-state index contributed by atoms with van der Waals surface area (Å²) in [7, 11) is -3.42. The monoisotopic (exact) mass is 505 g/mol. The topological polar surface area (TPSA) is 128 Å². The van der Waals surface area contributed by atoms with Crippen LogP contribution in [0, 0.1) is 10.1 Å². The van der Waals surface area contributed by atoms with Crippen LogP contribution in [0.3, 0.4) is 0 Å². The first-order valence-corrected chi connectivity index (χ1v) is 11.4. The van der Waals surface area contributed by atoms with Gasteiger partial charge in [0.2, 0.25) is 15.8 Å². The number of nitrogens with one attached hydrogen (secondary N) is 2. The average molecular weight is 506 g/mol. The molecule has 160 valence electrons. The number of sulfonamides is 1. The lowest BCUT2D eigenvalue weighted by Gasteiger charge is -2.10. The van der Waals surface area contributed by atoms with Crippen molar-refractivity contribution in [3.8, 4) is 11.5 Å². The molecule has 0 radical (unpaired) electrons. The van der Waals surface area contributed by atoms with Crippen molar-refractivity contribution in [1.29, 1.82) is 0 Å². The lowest BCUT2D eigenvalue weighted by atomic mass is 10.1. The van der Waals surface area contributed by atoms with Gasteiger partial charge in [-0.05, 0) is 60.7 Å². The predicted octanol–water partition coefficient (Wildman–Crippen LogP) is 4.77. The van der Waals surface area contributed by atoms with Gasteiger partial charge in [0.15, 0.2) is 0 Å². The fourth-order valence-corrected chi connectivity index (χ4v) is 3.38. The lowest BCUT2D eigenvalue weighted by Crippen LogP contribution is -2.12. The molecule has 0 aliphatic heterocycles. The minimum Gasteiger partial charge on any atom is -0.450 e. The van der Waals surface area contributed by atoms with Crippen molar-refractivity contribution in [2.24, 2.45) is 0 Å². The molecule has 3 aromatic carbocycles. The van der Waals surface area contributed by atoms with Crippen LogP contribution < -0.4 is 14.8 Å². The van der Waals surface area contributed by atoms with E-state index in [-0.39, 0.29) is 22.7 Å². The number of rotatable bonds is 7. The standard InChI is InChI=1S/C20H16BrN3O6S/c1-31(28,29)23-16-7-9-17(10-8-16)30-19-11-2-13(12-18(19)24(26)27)20(25)22-15-5-3-14(21)4-6-15/h2-12,23H,1H3,(H,22,25). The quantitative estimate of drug-likeness (QED) is 0.351. The summed E-state index contributed by atoms with van der Waals surface area (Å²) in [4.78, 5) is 23.3. The molecule has 9 nitrogen and oxygen atoms in total. The molecule has 0 aromatic heterocycles. The van der Waals surface area contributed by atoms with Crippen LogP contribution in [0.5, 0.6) is 11.5 Å². The number of nitro benzene ring substituents is 1. The highest BCUT2D eigenvalue weighted by molar-refractivity contribution is 9.10. The Morgan fingerprint density at radius 3 is 2.19 bits per heavy atom. The Kier molecular flexibility index (Phi) is 6.56. The number of carbonyl (C=O) groups excluding carboxylic acids is 1. The second kappa shape index (κ2) is 9.14. The Bertz CT molecular complexity index is 1230. The second-order valence-electron chi connectivity index (χ2n) is 6.40. The number of benzene rings is 3. The number of anilines is 2. The molecule has 3 aromatic rings. The van der Waals surface area contributed by atoms with Gasteiger partial charge in [0.25, 0.3) is 5.91 Å². The Balaban J connectivity index is 1.79. The molecule has 0 aliphatic carbocycles. The van der Waals surface area contributed by atoms with E-state index in [1.165, 1.54) is 36.4 Å². The maximum absolute atomic E-state index is 12.5. The second-order valence-corrected chi connectivity index (χ2v) is 9.07. The Morgan fingerprint density at radius 1 is 1.00 bits per heavy atom. The van der Waals surface area contributed by atoms with Crippen molar-refractivity contribution in [3.05, 3.63) is 86.9 Å². The maximum atomic E-state index is 12.5. The van der Waals surface area contributed by atoms with Gasteiger partial charge in [0.1, 0.15) is 5.75 Å². The van der Waals surface area contributed by atoms with Crippen LogP contribution in [0.15, 0.2) is 71.2 Å². The van der Waals surface area contributed by atoms with E-state index in [0.29, 0.717) is 11.4 Å². The van der Waals surface area contributed by atoms with Crippen LogP contribution in [-0.2, 0) is 10.0 Å². The first-order chi connectivity index (χ1) is 14.6. The van der Waals surface area contributed by atoms with E-state index in [1.807, 2.05) is 0 Å². The molecule has 0 aliphatic rings. The Hall–Kier alpha value is -3.44. The van der Waals surface area contributed by atoms with Gasteiger partial charge in [0.05, 0.1) is 11.2 Å². The number of carbonyl (C=O) groups is 1. The highest BCUT2D eigenvalue weighted by Crippen LogP contribution is 2.33.